The molecule has 1 rings (SSSR count). The molecule has 0 heterocycles. The molecule has 0 aliphatic heterocycles. The summed E-state index contributed by atoms with van der Waals surface area (Å²) in [4.78, 5) is 27.6. The normalized spacial score (nSPS) is 12.6. The Hall–Kier alpha value is -2.97. The van der Waals surface area contributed by atoms with E-state index in [0.717, 1.165) is 12.0 Å². The number of benzene rings is 1. The maximum absolute atomic E-state index is 12.7. The molecule has 1 aromatic carbocycles. The molecule has 27 heavy (non-hydrogen) atoms. The summed E-state index contributed by atoms with van der Waals surface area (Å²) in [5, 5.41) is 6.48. The lowest BCUT2D eigenvalue weighted by atomic mass is 10.00. The quantitative estimate of drug-likeness (QED) is 0.198. The van der Waals surface area contributed by atoms with Crippen molar-refractivity contribution in [1.82, 2.24) is 5.32 Å². The molecule has 1 aromatic rings. The van der Waals surface area contributed by atoms with Crippen molar-refractivity contribution in [1.29, 1.82) is 0 Å². The van der Waals surface area contributed by atoms with Crippen LogP contribution in [-0.4, -0.2) is 29.6 Å². The highest BCUT2D eigenvalue weighted by molar-refractivity contribution is 5.92. The molecule has 0 radical (unpaired) electrons. The molecule has 7 nitrogen and oxygen atoms in total. The van der Waals surface area contributed by atoms with Gasteiger partial charge in [0.15, 0.2) is 6.10 Å². The molecule has 2 atom stereocenters. The van der Waals surface area contributed by atoms with Crippen molar-refractivity contribution >= 4 is 11.9 Å². The number of hydrogen-bond acceptors (Lipinski definition) is 4. The molecule has 0 aromatic heterocycles. The average Bonchev–Trinajstić information content (AvgIpc) is 2.59. The Balaban J connectivity index is 3.10. The van der Waals surface area contributed by atoms with E-state index in [4.69, 9.17) is 10.3 Å². The topological polar surface area (TPSA) is 104 Å². The summed E-state index contributed by atoms with van der Waals surface area (Å²) in [5.41, 5.74) is 9.26. The van der Waals surface area contributed by atoms with E-state index in [-0.39, 0.29) is 6.42 Å². The lowest BCUT2D eigenvalue weighted by Gasteiger charge is -2.27. The Morgan fingerprint density at radius 1 is 1.30 bits per heavy atom. The molecule has 0 bridgehead atoms. The van der Waals surface area contributed by atoms with Gasteiger partial charge in [0.25, 0.3) is 5.91 Å². The highest BCUT2D eigenvalue weighted by Gasteiger charge is 2.33. The number of carbonyl (C=O) groups excluding carboxylic acids is 2. The summed E-state index contributed by atoms with van der Waals surface area (Å²) in [6, 6.07) is 8.35. The first-order valence-corrected chi connectivity index (χ1v) is 8.86. The summed E-state index contributed by atoms with van der Waals surface area (Å²) in [6.07, 6.45) is 0.341. The molecule has 0 fully saturated rings. The van der Waals surface area contributed by atoms with Crippen LogP contribution in [-0.2, 0) is 20.7 Å². The van der Waals surface area contributed by atoms with Gasteiger partial charge in [0.1, 0.15) is 0 Å². The van der Waals surface area contributed by atoms with Crippen LogP contribution < -0.4 is 5.32 Å². The van der Waals surface area contributed by atoms with E-state index < -0.39 is 29.6 Å². The number of rotatable bonds is 7. The molecular formula is C20H26N4O3. The van der Waals surface area contributed by atoms with Crippen LogP contribution in [0.5, 0.6) is 0 Å². The molecule has 1 amide bonds. The van der Waals surface area contributed by atoms with Gasteiger partial charge in [0.05, 0.1) is 6.04 Å². The van der Waals surface area contributed by atoms with Gasteiger partial charge in [-0.05, 0) is 44.7 Å². The van der Waals surface area contributed by atoms with Crippen LogP contribution in [0.25, 0.3) is 10.4 Å². The minimum Gasteiger partial charge on any atom is -0.442 e. The van der Waals surface area contributed by atoms with Crippen molar-refractivity contribution in [2.45, 2.75) is 64.6 Å². The number of nitrogens with one attached hydrogen (secondary N) is 1. The third-order valence-corrected chi connectivity index (χ3v) is 3.39. The summed E-state index contributed by atoms with van der Waals surface area (Å²) in [6.45, 7) is 7.37. The van der Waals surface area contributed by atoms with Gasteiger partial charge in [-0.25, -0.2) is 4.79 Å². The smallest absolute Gasteiger partial charge is 0.385 e. The summed E-state index contributed by atoms with van der Waals surface area (Å²) >= 11 is 0. The Kier molecular flexibility index (Phi) is 8.91. The molecule has 0 saturated carbocycles. The van der Waals surface area contributed by atoms with E-state index in [1.807, 2.05) is 58.0 Å². The predicted octanol–water partition coefficient (Wildman–Crippen LogP) is 3.54. The van der Waals surface area contributed by atoms with Gasteiger partial charge in [-0.1, -0.05) is 48.3 Å². The largest absolute Gasteiger partial charge is 0.442 e. The van der Waals surface area contributed by atoms with Crippen molar-refractivity contribution < 1.29 is 14.3 Å². The zero-order valence-corrected chi connectivity index (χ0v) is 16.2. The Morgan fingerprint density at radius 3 is 2.52 bits per heavy atom. The van der Waals surface area contributed by atoms with Crippen LogP contribution in [0, 0.1) is 11.8 Å². The lowest BCUT2D eigenvalue weighted by molar-refractivity contribution is -0.152. The zero-order valence-electron chi connectivity index (χ0n) is 16.2. The van der Waals surface area contributed by atoms with Gasteiger partial charge >= 0.3 is 5.97 Å². The van der Waals surface area contributed by atoms with Gasteiger partial charge in [0, 0.05) is 22.8 Å². The van der Waals surface area contributed by atoms with Gasteiger partial charge in [-0.2, -0.15) is 0 Å². The highest BCUT2D eigenvalue weighted by atomic mass is 16.5. The first-order chi connectivity index (χ1) is 12.8. The number of ether oxygens (including phenoxy) is 1. The molecule has 0 aliphatic rings. The molecule has 2 unspecified atom stereocenters. The maximum Gasteiger partial charge on any atom is 0.385 e. The molecule has 7 heteroatoms. The van der Waals surface area contributed by atoms with Crippen molar-refractivity contribution in [2.24, 2.45) is 5.11 Å². The van der Waals surface area contributed by atoms with Crippen LogP contribution in [0.1, 0.15) is 46.1 Å². The monoisotopic (exact) mass is 370 g/mol. The standard InChI is InChI=1S/C20H26N4O3/c1-5-6-8-13-17(25)27-18(19(26)22-20(2,3)4)16(23-24-21)14-15-11-9-7-10-12-15/h7,9-12,16,18H,5-6,14H2,1-4H3,(H,22,26). The van der Waals surface area contributed by atoms with Crippen LogP contribution in [0.2, 0.25) is 0 Å². The fraction of sp³-hybridized carbons (Fsp3) is 0.500. The van der Waals surface area contributed by atoms with Gasteiger partial charge < -0.3 is 10.1 Å². The van der Waals surface area contributed by atoms with Crippen molar-refractivity contribution in [2.75, 3.05) is 0 Å². The molecule has 0 spiro atoms. The number of unbranched alkanes of at least 4 members (excludes halogenated alkanes) is 1. The molecule has 0 saturated heterocycles. The average molecular weight is 370 g/mol. The number of nitrogens with zero attached hydrogens (tertiary/aromatic N) is 3. The van der Waals surface area contributed by atoms with Crippen LogP contribution in [0.3, 0.4) is 0 Å². The lowest BCUT2D eigenvalue weighted by Crippen LogP contribution is -2.51. The van der Waals surface area contributed by atoms with E-state index >= 15 is 0 Å². The third-order valence-electron chi connectivity index (χ3n) is 3.39. The summed E-state index contributed by atoms with van der Waals surface area (Å²) in [7, 11) is 0. The predicted molar refractivity (Wildman–Crippen MR) is 104 cm³/mol. The number of amides is 1. The van der Waals surface area contributed by atoms with E-state index in [0.29, 0.717) is 6.42 Å². The van der Waals surface area contributed by atoms with Gasteiger partial charge in [-0.15, -0.1) is 0 Å². The third kappa shape index (κ3) is 8.80. The highest BCUT2D eigenvalue weighted by Crippen LogP contribution is 2.15. The minimum absolute atomic E-state index is 0.253. The van der Waals surface area contributed by atoms with E-state index in [2.05, 4.69) is 27.2 Å². The van der Waals surface area contributed by atoms with Crippen LogP contribution in [0.4, 0.5) is 0 Å². The van der Waals surface area contributed by atoms with Crippen molar-refractivity contribution in [3.63, 3.8) is 0 Å². The molecule has 0 aliphatic carbocycles. The minimum atomic E-state index is -1.27. The van der Waals surface area contributed by atoms with Crippen molar-refractivity contribution in [3.8, 4) is 11.8 Å². The molecular weight excluding hydrogens is 344 g/mol. The number of esters is 1. The van der Waals surface area contributed by atoms with E-state index in [1.165, 1.54) is 0 Å². The second-order valence-electron chi connectivity index (χ2n) is 7.08. The van der Waals surface area contributed by atoms with Crippen molar-refractivity contribution in [3.05, 3.63) is 46.3 Å². The Labute approximate surface area is 160 Å². The SMILES string of the molecule is CCCC#CC(=O)OC(C(=O)NC(C)(C)C)C(Cc1ccccc1)N=[N+]=[N-]. The van der Waals surface area contributed by atoms with E-state index in [9.17, 15) is 9.59 Å². The van der Waals surface area contributed by atoms with E-state index in [1.54, 1.807) is 0 Å². The number of azide groups is 1. The molecule has 144 valence electrons. The van der Waals surface area contributed by atoms with Gasteiger partial charge in [-0.3, -0.25) is 4.79 Å². The molecule has 1 N–H and O–H groups in total. The number of carbonyl (C=O) groups is 2. The Morgan fingerprint density at radius 2 is 1.96 bits per heavy atom. The van der Waals surface area contributed by atoms with Crippen LogP contribution in [0.15, 0.2) is 35.4 Å². The first-order valence-electron chi connectivity index (χ1n) is 8.86. The fourth-order valence-corrected chi connectivity index (χ4v) is 2.28. The maximum atomic E-state index is 12.7. The second-order valence-corrected chi connectivity index (χ2v) is 7.08. The summed E-state index contributed by atoms with van der Waals surface area (Å²) < 4.78 is 5.30. The fourth-order valence-electron chi connectivity index (χ4n) is 2.28. The first kappa shape index (κ1) is 22.1. The zero-order chi connectivity index (χ0) is 20.3. The van der Waals surface area contributed by atoms with Gasteiger partial charge in [0.2, 0.25) is 0 Å². The Bertz CT molecular complexity index is 738. The van der Waals surface area contributed by atoms with Crippen LogP contribution >= 0.6 is 0 Å². The second kappa shape index (κ2) is 10.9. The summed E-state index contributed by atoms with van der Waals surface area (Å²) in [5.74, 6) is 3.71. The number of hydrogen-bond donors (Lipinski definition) is 1.